The van der Waals surface area contributed by atoms with E-state index in [9.17, 15) is 10.1 Å². The minimum Gasteiger partial charge on any atom is -0.383 e. The van der Waals surface area contributed by atoms with Crippen molar-refractivity contribution >= 4 is 23.3 Å². The zero-order valence-electron chi connectivity index (χ0n) is 9.34. The fourth-order valence-corrected chi connectivity index (χ4v) is 2.26. The zero-order valence-corrected chi connectivity index (χ0v) is 10.2. The Bertz CT molecular complexity index is 382. The number of thioether (sulfide) groups is 1. The van der Waals surface area contributed by atoms with E-state index in [0.29, 0.717) is 10.9 Å². The van der Waals surface area contributed by atoms with Crippen molar-refractivity contribution in [3.05, 3.63) is 22.2 Å². The summed E-state index contributed by atoms with van der Waals surface area (Å²) in [6.45, 7) is 4.27. The molecule has 0 radical (unpaired) electrons. The van der Waals surface area contributed by atoms with Crippen LogP contribution in [0, 0.1) is 16.0 Å². The minimum absolute atomic E-state index is 0.000420. The van der Waals surface area contributed by atoms with E-state index in [0.717, 1.165) is 12.2 Å². The summed E-state index contributed by atoms with van der Waals surface area (Å²) in [4.78, 5) is 14.2. The molecule has 0 spiro atoms. The van der Waals surface area contributed by atoms with Crippen LogP contribution in [0.4, 0.5) is 11.5 Å². The number of nitro groups is 1. The van der Waals surface area contributed by atoms with Gasteiger partial charge in [-0.2, -0.15) is 0 Å². The SMILES string of the molecule is CC(C)CCSc1cc([N+](=O)[O-])cc(N)n1. The van der Waals surface area contributed by atoms with Crippen LogP contribution in [0.15, 0.2) is 17.2 Å². The van der Waals surface area contributed by atoms with Gasteiger partial charge in [0.2, 0.25) is 0 Å². The van der Waals surface area contributed by atoms with Gasteiger partial charge in [-0.05, 0) is 18.1 Å². The van der Waals surface area contributed by atoms with Crippen LogP contribution in [0.3, 0.4) is 0 Å². The van der Waals surface area contributed by atoms with Crippen LogP contribution in [0.2, 0.25) is 0 Å². The van der Waals surface area contributed by atoms with E-state index in [1.807, 2.05) is 0 Å². The summed E-state index contributed by atoms with van der Waals surface area (Å²) in [6, 6.07) is 2.73. The van der Waals surface area contributed by atoms with E-state index in [2.05, 4.69) is 18.8 Å². The zero-order chi connectivity index (χ0) is 12.1. The van der Waals surface area contributed by atoms with Crippen molar-refractivity contribution < 1.29 is 4.92 Å². The van der Waals surface area contributed by atoms with E-state index in [1.54, 1.807) is 0 Å². The molecule has 1 aromatic heterocycles. The van der Waals surface area contributed by atoms with Crippen LogP contribution in [-0.2, 0) is 0 Å². The average molecular weight is 241 g/mol. The van der Waals surface area contributed by atoms with Gasteiger partial charge in [-0.15, -0.1) is 11.8 Å². The summed E-state index contributed by atoms with van der Waals surface area (Å²) in [5.74, 6) is 1.70. The lowest BCUT2D eigenvalue weighted by Crippen LogP contribution is -1.97. The van der Waals surface area contributed by atoms with Gasteiger partial charge in [0.05, 0.1) is 11.0 Å². The molecular formula is C10H15N3O2S. The molecule has 0 saturated heterocycles. The summed E-state index contributed by atoms with van der Waals surface area (Å²) in [5.41, 5.74) is 5.50. The van der Waals surface area contributed by atoms with Gasteiger partial charge in [0.25, 0.3) is 5.69 Å². The highest BCUT2D eigenvalue weighted by atomic mass is 32.2. The predicted molar refractivity (Wildman–Crippen MR) is 65.5 cm³/mol. The quantitative estimate of drug-likeness (QED) is 0.487. The van der Waals surface area contributed by atoms with Gasteiger partial charge in [0.15, 0.2) is 0 Å². The summed E-state index contributed by atoms with van der Waals surface area (Å²) < 4.78 is 0. The van der Waals surface area contributed by atoms with E-state index < -0.39 is 4.92 Å². The third kappa shape index (κ3) is 4.06. The lowest BCUT2D eigenvalue weighted by atomic mass is 10.2. The molecule has 2 N–H and O–H groups in total. The second kappa shape index (κ2) is 5.69. The number of nitrogens with zero attached hydrogens (tertiary/aromatic N) is 2. The smallest absolute Gasteiger partial charge is 0.275 e. The summed E-state index contributed by atoms with van der Waals surface area (Å²) >= 11 is 1.50. The molecule has 0 fully saturated rings. The van der Waals surface area contributed by atoms with Gasteiger partial charge in [-0.1, -0.05) is 13.8 Å². The van der Waals surface area contributed by atoms with Crippen LogP contribution >= 0.6 is 11.8 Å². The third-order valence-electron chi connectivity index (χ3n) is 1.96. The molecule has 0 aromatic carbocycles. The van der Waals surface area contributed by atoms with Crippen molar-refractivity contribution in [2.45, 2.75) is 25.3 Å². The number of anilines is 1. The number of nitrogen functional groups attached to an aromatic ring is 1. The highest BCUT2D eigenvalue weighted by Gasteiger charge is 2.10. The fraction of sp³-hybridized carbons (Fsp3) is 0.500. The van der Waals surface area contributed by atoms with Gasteiger partial charge in [-0.25, -0.2) is 4.98 Å². The Morgan fingerprint density at radius 3 is 2.81 bits per heavy atom. The van der Waals surface area contributed by atoms with Crippen LogP contribution < -0.4 is 5.73 Å². The van der Waals surface area contributed by atoms with Crippen LogP contribution in [-0.4, -0.2) is 15.7 Å². The number of rotatable bonds is 5. The standard InChI is InChI=1S/C10H15N3O2S/c1-7(2)3-4-16-10-6-8(13(14)15)5-9(11)12-10/h5-7H,3-4H2,1-2H3,(H2,11,12). The number of nitrogens with two attached hydrogens (primary N) is 1. The van der Waals surface area contributed by atoms with Crippen molar-refractivity contribution in [1.82, 2.24) is 4.98 Å². The molecule has 1 heterocycles. The summed E-state index contributed by atoms with van der Waals surface area (Å²) in [7, 11) is 0. The van der Waals surface area contributed by atoms with E-state index in [1.165, 1.54) is 23.9 Å². The normalized spacial score (nSPS) is 10.7. The first-order valence-electron chi connectivity index (χ1n) is 5.04. The topological polar surface area (TPSA) is 82.0 Å². The molecule has 6 heteroatoms. The van der Waals surface area contributed by atoms with E-state index in [4.69, 9.17) is 5.73 Å². The van der Waals surface area contributed by atoms with Crippen molar-refractivity contribution in [2.75, 3.05) is 11.5 Å². The molecule has 16 heavy (non-hydrogen) atoms. The Balaban J connectivity index is 2.69. The highest BCUT2D eigenvalue weighted by molar-refractivity contribution is 7.99. The molecule has 0 aliphatic carbocycles. The highest BCUT2D eigenvalue weighted by Crippen LogP contribution is 2.24. The Morgan fingerprint density at radius 2 is 2.25 bits per heavy atom. The fourth-order valence-electron chi connectivity index (χ4n) is 1.09. The maximum absolute atomic E-state index is 10.6. The molecule has 0 atom stereocenters. The Labute approximate surface area is 98.6 Å². The van der Waals surface area contributed by atoms with Crippen molar-refractivity contribution in [3.8, 4) is 0 Å². The van der Waals surface area contributed by atoms with Gasteiger partial charge < -0.3 is 5.73 Å². The molecular weight excluding hydrogens is 226 g/mol. The van der Waals surface area contributed by atoms with Crippen LogP contribution in [0.25, 0.3) is 0 Å². The molecule has 1 rings (SSSR count). The van der Waals surface area contributed by atoms with Gasteiger partial charge in [-0.3, -0.25) is 10.1 Å². The molecule has 0 aliphatic heterocycles. The second-order valence-corrected chi connectivity index (χ2v) is 4.99. The average Bonchev–Trinajstić information content (AvgIpc) is 2.16. The lowest BCUT2D eigenvalue weighted by Gasteiger charge is -2.04. The molecule has 5 nitrogen and oxygen atoms in total. The maximum atomic E-state index is 10.6. The van der Waals surface area contributed by atoms with E-state index in [-0.39, 0.29) is 11.5 Å². The van der Waals surface area contributed by atoms with Crippen LogP contribution in [0.5, 0.6) is 0 Å². The Morgan fingerprint density at radius 1 is 1.56 bits per heavy atom. The molecule has 0 bridgehead atoms. The monoisotopic (exact) mass is 241 g/mol. The molecule has 0 saturated carbocycles. The Hall–Kier alpha value is -1.30. The molecule has 88 valence electrons. The minimum atomic E-state index is -0.454. The first kappa shape index (κ1) is 12.8. The van der Waals surface area contributed by atoms with Gasteiger partial charge in [0, 0.05) is 6.07 Å². The van der Waals surface area contributed by atoms with E-state index >= 15 is 0 Å². The largest absolute Gasteiger partial charge is 0.383 e. The van der Waals surface area contributed by atoms with Gasteiger partial charge >= 0.3 is 0 Å². The predicted octanol–water partition coefficient (Wildman–Crippen LogP) is 2.71. The number of pyridine rings is 1. The maximum Gasteiger partial charge on any atom is 0.275 e. The van der Waals surface area contributed by atoms with Crippen molar-refractivity contribution in [2.24, 2.45) is 5.92 Å². The van der Waals surface area contributed by atoms with Crippen molar-refractivity contribution in [1.29, 1.82) is 0 Å². The second-order valence-electron chi connectivity index (χ2n) is 3.88. The van der Waals surface area contributed by atoms with Crippen molar-refractivity contribution in [3.63, 3.8) is 0 Å². The number of hydrogen-bond donors (Lipinski definition) is 1. The van der Waals surface area contributed by atoms with Crippen LogP contribution in [0.1, 0.15) is 20.3 Å². The lowest BCUT2D eigenvalue weighted by molar-refractivity contribution is -0.385. The molecule has 0 unspecified atom stereocenters. The number of hydrogen-bond acceptors (Lipinski definition) is 5. The molecule has 0 aliphatic rings. The molecule has 1 aromatic rings. The summed E-state index contributed by atoms with van der Waals surface area (Å²) in [6.07, 6.45) is 1.05. The third-order valence-corrected chi connectivity index (χ3v) is 2.91. The van der Waals surface area contributed by atoms with Gasteiger partial charge in [0.1, 0.15) is 10.8 Å². The summed E-state index contributed by atoms with van der Waals surface area (Å²) in [5, 5.41) is 11.2. The number of aromatic nitrogens is 1. The Kier molecular flexibility index (Phi) is 4.54. The first-order valence-corrected chi connectivity index (χ1v) is 6.02. The first-order chi connectivity index (χ1) is 7.49. The molecule has 0 amide bonds.